The van der Waals surface area contributed by atoms with Gasteiger partial charge < -0.3 is 25.4 Å². The summed E-state index contributed by atoms with van der Waals surface area (Å²) < 4.78 is 11.1. The molecule has 132 valence electrons. The normalized spacial score (nSPS) is 26.6. The highest BCUT2D eigenvalue weighted by atomic mass is 16.5. The number of nitrogens with zero attached hydrogens (tertiary/aromatic N) is 1. The summed E-state index contributed by atoms with van der Waals surface area (Å²) >= 11 is 0. The van der Waals surface area contributed by atoms with E-state index in [0.29, 0.717) is 19.0 Å². The van der Waals surface area contributed by atoms with Crippen molar-refractivity contribution in [1.29, 1.82) is 0 Å². The van der Waals surface area contributed by atoms with Crippen molar-refractivity contribution in [2.45, 2.75) is 31.5 Å². The Hall–Kier alpha value is -1.79. The van der Waals surface area contributed by atoms with E-state index < -0.39 is 0 Å². The Morgan fingerprint density at radius 3 is 2.96 bits per heavy atom. The Morgan fingerprint density at radius 2 is 2.21 bits per heavy atom. The Kier molecular flexibility index (Phi) is 5.58. The predicted molar refractivity (Wildman–Crippen MR) is 93.3 cm³/mol. The Bertz CT molecular complexity index is 566. The van der Waals surface area contributed by atoms with Gasteiger partial charge in [0.15, 0.2) is 0 Å². The van der Waals surface area contributed by atoms with Crippen molar-refractivity contribution >= 4 is 11.6 Å². The molecule has 0 aromatic heterocycles. The number of carbonyl (C=O) groups excluding carboxylic acids is 1. The SMILES string of the molecule is COc1ccccc1N1CCC(CNC(=O)[C@@H]2CC[C@H](CN)O2)C1. The summed E-state index contributed by atoms with van der Waals surface area (Å²) in [5.41, 5.74) is 6.72. The van der Waals surface area contributed by atoms with Gasteiger partial charge >= 0.3 is 0 Å². The average molecular weight is 333 g/mol. The molecule has 1 aromatic carbocycles. The zero-order chi connectivity index (χ0) is 16.9. The van der Waals surface area contributed by atoms with Crippen molar-refractivity contribution in [2.24, 2.45) is 11.7 Å². The van der Waals surface area contributed by atoms with Gasteiger partial charge in [0.05, 0.1) is 18.9 Å². The van der Waals surface area contributed by atoms with Crippen molar-refractivity contribution in [2.75, 3.05) is 38.2 Å². The van der Waals surface area contributed by atoms with E-state index in [1.807, 2.05) is 18.2 Å². The van der Waals surface area contributed by atoms with Gasteiger partial charge in [0.1, 0.15) is 11.9 Å². The third-order valence-electron chi connectivity index (χ3n) is 4.94. The first-order chi connectivity index (χ1) is 11.7. The first kappa shape index (κ1) is 17.0. The molecule has 2 saturated heterocycles. The van der Waals surface area contributed by atoms with Gasteiger partial charge in [-0.05, 0) is 37.3 Å². The fraction of sp³-hybridized carbons (Fsp3) is 0.611. The van der Waals surface area contributed by atoms with E-state index in [9.17, 15) is 4.79 Å². The quantitative estimate of drug-likeness (QED) is 0.816. The van der Waals surface area contributed by atoms with Crippen molar-refractivity contribution in [3.63, 3.8) is 0 Å². The van der Waals surface area contributed by atoms with Crippen LogP contribution in [0.5, 0.6) is 5.75 Å². The van der Waals surface area contributed by atoms with Gasteiger partial charge in [-0.1, -0.05) is 12.1 Å². The molecule has 3 N–H and O–H groups in total. The molecule has 2 heterocycles. The number of amides is 1. The van der Waals surface area contributed by atoms with Crippen LogP contribution in [0, 0.1) is 5.92 Å². The Morgan fingerprint density at radius 1 is 1.38 bits per heavy atom. The fourth-order valence-corrected chi connectivity index (χ4v) is 3.54. The molecule has 0 spiro atoms. The molecular formula is C18H27N3O3. The molecular weight excluding hydrogens is 306 g/mol. The molecule has 0 bridgehead atoms. The molecule has 2 fully saturated rings. The van der Waals surface area contributed by atoms with Gasteiger partial charge in [0.2, 0.25) is 5.91 Å². The summed E-state index contributed by atoms with van der Waals surface area (Å²) in [5.74, 6) is 1.35. The van der Waals surface area contributed by atoms with Crippen molar-refractivity contribution < 1.29 is 14.3 Å². The van der Waals surface area contributed by atoms with Crippen LogP contribution >= 0.6 is 0 Å². The minimum Gasteiger partial charge on any atom is -0.495 e. The number of carbonyl (C=O) groups is 1. The maximum Gasteiger partial charge on any atom is 0.249 e. The second-order valence-electron chi connectivity index (χ2n) is 6.58. The van der Waals surface area contributed by atoms with E-state index in [-0.39, 0.29) is 18.1 Å². The fourth-order valence-electron chi connectivity index (χ4n) is 3.54. The lowest BCUT2D eigenvalue weighted by atomic mass is 10.1. The predicted octanol–water partition coefficient (Wildman–Crippen LogP) is 1.14. The molecule has 2 aliphatic heterocycles. The third kappa shape index (κ3) is 3.82. The first-order valence-corrected chi connectivity index (χ1v) is 8.72. The Balaban J connectivity index is 1.47. The Labute approximate surface area is 143 Å². The molecule has 1 aromatic rings. The smallest absolute Gasteiger partial charge is 0.249 e. The molecule has 0 aliphatic carbocycles. The van der Waals surface area contributed by atoms with Crippen LogP contribution in [0.4, 0.5) is 5.69 Å². The number of ether oxygens (including phenoxy) is 2. The number of para-hydroxylation sites is 2. The maximum atomic E-state index is 12.2. The lowest BCUT2D eigenvalue weighted by Gasteiger charge is -2.21. The first-order valence-electron chi connectivity index (χ1n) is 8.72. The van der Waals surface area contributed by atoms with E-state index in [2.05, 4.69) is 16.3 Å². The summed E-state index contributed by atoms with van der Waals surface area (Å²) in [5, 5.41) is 3.05. The number of hydrogen-bond acceptors (Lipinski definition) is 5. The summed E-state index contributed by atoms with van der Waals surface area (Å²) in [7, 11) is 1.70. The van der Waals surface area contributed by atoms with Gasteiger partial charge in [-0.25, -0.2) is 0 Å². The second kappa shape index (κ2) is 7.85. The number of nitrogens with one attached hydrogen (secondary N) is 1. The molecule has 24 heavy (non-hydrogen) atoms. The number of benzene rings is 1. The van der Waals surface area contributed by atoms with E-state index in [1.165, 1.54) is 0 Å². The van der Waals surface area contributed by atoms with Gasteiger partial charge in [0, 0.05) is 26.2 Å². The minimum atomic E-state index is -0.328. The highest BCUT2D eigenvalue weighted by Crippen LogP contribution is 2.31. The van der Waals surface area contributed by atoms with Crippen LogP contribution < -0.4 is 20.7 Å². The van der Waals surface area contributed by atoms with Gasteiger partial charge in [0.25, 0.3) is 0 Å². The summed E-state index contributed by atoms with van der Waals surface area (Å²) in [6, 6.07) is 8.07. The molecule has 2 aliphatic rings. The number of methoxy groups -OCH3 is 1. The monoisotopic (exact) mass is 333 g/mol. The van der Waals surface area contributed by atoms with E-state index in [0.717, 1.165) is 43.8 Å². The van der Waals surface area contributed by atoms with Crippen molar-refractivity contribution in [1.82, 2.24) is 5.32 Å². The zero-order valence-electron chi connectivity index (χ0n) is 14.2. The van der Waals surface area contributed by atoms with Gasteiger partial charge in [-0.3, -0.25) is 4.79 Å². The van der Waals surface area contributed by atoms with Crippen LogP contribution in [0.15, 0.2) is 24.3 Å². The second-order valence-corrected chi connectivity index (χ2v) is 6.58. The van der Waals surface area contributed by atoms with Crippen LogP contribution in [-0.2, 0) is 9.53 Å². The van der Waals surface area contributed by atoms with Crippen LogP contribution in [-0.4, -0.2) is 51.4 Å². The molecule has 3 rings (SSSR count). The maximum absolute atomic E-state index is 12.2. The van der Waals surface area contributed by atoms with Crippen molar-refractivity contribution in [3.8, 4) is 5.75 Å². The van der Waals surface area contributed by atoms with Crippen LogP contribution in [0.1, 0.15) is 19.3 Å². The molecule has 6 nitrogen and oxygen atoms in total. The number of nitrogens with two attached hydrogens (primary N) is 1. The average Bonchev–Trinajstić information content (AvgIpc) is 3.29. The lowest BCUT2D eigenvalue weighted by Crippen LogP contribution is -2.38. The zero-order valence-corrected chi connectivity index (χ0v) is 14.2. The van der Waals surface area contributed by atoms with Crippen LogP contribution in [0.25, 0.3) is 0 Å². The summed E-state index contributed by atoms with van der Waals surface area (Å²) in [6.07, 6.45) is 2.42. The van der Waals surface area contributed by atoms with E-state index in [1.54, 1.807) is 7.11 Å². The molecule has 0 saturated carbocycles. The standard InChI is InChI=1S/C18H27N3O3/c1-23-16-5-3-2-4-15(16)21-9-8-13(12-21)11-20-18(22)17-7-6-14(10-19)24-17/h2-5,13-14,17H,6-12,19H2,1H3,(H,20,22)/t13?,14-,17+/m1/s1. The number of anilines is 1. The molecule has 1 amide bonds. The highest BCUT2D eigenvalue weighted by molar-refractivity contribution is 5.81. The summed E-state index contributed by atoms with van der Waals surface area (Å²) in [6.45, 7) is 3.09. The highest BCUT2D eigenvalue weighted by Gasteiger charge is 2.31. The van der Waals surface area contributed by atoms with Gasteiger partial charge in [-0.2, -0.15) is 0 Å². The molecule has 1 unspecified atom stereocenters. The van der Waals surface area contributed by atoms with Crippen LogP contribution in [0.3, 0.4) is 0 Å². The van der Waals surface area contributed by atoms with Crippen LogP contribution in [0.2, 0.25) is 0 Å². The van der Waals surface area contributed by atoms with E-state index in [4.69, 9.17) is 15.2 Å². The molecule has 3 atom stereocenters. The third-order valence-corrected chi connectivity index (χ3v) is 4.94. The number of rotatable bonds is 6. The topological polar surface area (TPSA) is 76.8 Å². The lowest BCUT2D eigenvalue weighted by molar-refractivity contribution is -0.132. The summed E-state index contributed by atoms with van der Waals surface area (Å²) in [4.78, 5) is 14.5. The largest absolute Gasteiger partial charge is 0.495 e. The van der Waals surface area contributed by atoms with Crippen molar-refractivity contribution in [3.05, 3.63) is 24.3 Å². The minimum absolute atomic E-state index is 0.00157. The van der Waals surface area contributed by atoms with E-state index >= 15 is 0 Å². The molecule has 0 radical (unpaired) electrons. The van der Waals surface area contributed by atoms with Gasteiger partial charge in [-0.15, -0.1) is 0 Å². The molecule has 6 heteroatoms. The number of hydrogen-bond donors (Lipinski definition) is 2.